The van der Waals surface area contributed by atoms with Crippen molar-refractivity contribution >= 4 is 12.0 Å². The van der Waals surface area contributed by atoms with E-state index >= 15 is 0 Å². The van der Waals surface area contributed by atoms with Crippen LogP contribution in [0.3, 0.4) is 0 Å². The van der Waals surface area contributed by atoms with Crippen molar-refractivity contribution in [2.45, 2.75) is 52.5 Å². The molecule has 0 fully saturated rings. The molecular formula is C26H34N2O4. The number of ether oxygens (including phenoxy) is 1. The molecule has 172 valence electrons. The highest BCUT2D eigenvalue weighted by atomic mass is 16.5. The van der Waals surface area contributed by atoms with Gasteiger partial charge in [0.2, 0.25) is 5.89 Å². The number of fused-ring (bicyclic) bond motifs is 1. The number of hydrogen-bond donors (Lipinski definition) is 1. The topological polar surface area (TPSA) is 75.8 Å². The second-order valence-corrected chi connectivity index (χ2v) is 8.65. The van der Waals surface area contributed by atoms with Crippen LogP contribution >= 0.6 is 0 Å². The fraction of sp³-hybridized carbons (Fsp3) is 0.462. The highest BCUT2D eigenvalue weighted by molar-refractivity contribution is 5.77. The Morgan fingerprint density at radius 1 is 1.44 bits per heavy atom. The van der Waals surface area contributed by atoms with E-state index in [4.69, 9.17) is 9.15 Å². The monoisotopic (exact) mass is 438 g/mol. The first-order valence-corrected chi connectivity index (χ1v) is 11.3. The van der Waals surface area contributed by atoms with Gasteiger partial charge in [-0.15, -0.1) is 6.58 Å². The molecule has 1 aromatic carbocycles. The fourth-order valence-corrected chi connectivity index (χ4v) is 3.98. The molecule has 1 aromatic heterocycles. The van der Waals surface area contributed by atoms with Gasteiger partial charge in [0.05, 0.1) is 12.3 Å². The van der Waals surface area contributed by atoms with E-state index in [9.17, 15) is 9.90 Å². The van der Waals surface area contributed by atoms with E-state index < -0.39 is 12.0 Å². The molecule has 0 spiro atoms. The van der Waals surface area contributed by atoms with Crippen LogP contribution in [0.25, 0.3) is 6.08 Å². The number of aliphatic carboxylic acids is 1. The summed E-state index contributed by atoms with van der Waals surface area (Å²) < 4.78 is 11.7. The average Bonchev–Trinajstić information content (AvgIpc) is 3.10. The molecule has 6 nitrogen and oxygen atoms in total. The van der Waals surface area contributed by atoms with Gasteiger partial charge in [0.15, 0.2) is 0 Å². The van der Waals surface area contributed by atoms with E-state index in [1.807, 2.05) is 42.2 Å². The number of benzene rings is 1. The van der Waals surface area contributed by atoms with E-state index in [1.165, 1.54) is 0 Å². The van der Waals surface area contributed by atoms with E-state index in [0.717, 1.165) is 48.4 Å². The lowest BCUT2D eigenvalue weighted by Crippen LogP contribution is -2.40. The number of aryl methyl sites for hydroxylation is 1. The largest absolute Gasteiger partial charge is 0.493 e. The molecule has 0 saturated carbocycles. The Balaban J connectivity index is 1.64. The summed E-state index contributed by atoms with van der Waals surface area (Å²) >= 11 is 0. The molecule has 1 aliphatic rings. The molecule has 0 amide bonds. The van der Waals surface area contributed by atoms with Crippen LogP contribution in [0.15, 0.2) is 41.3 Å². The smallest absolute Gasteiger partial charge is 0.325 e. The summed E-state index contributed by atoms with van der Waals surface area (Å²) in [4.78, 5) is 18.6. The van der Waals surface area contributed by atoms with E-state index in [-0.39, 0.29) is 0 Å². The summed E-state index contributed by atoms with van der Waals surface area (Å²) in [7, 11) is 0. The van der Waals surface area contributed by atoms with Crippen LogP contribution in [0.1, 0.15) is 61.2 Å². The number of nitrogens with zero attached hydrogens (tertiary/aromatic N) is 2. The van der Waals surface area contributed by atoms with Gasteiger partial charge in [-0.25, -0.2) is 4.98 Å². The molecule has 2 heterocycles. The maximum atomic E-state index is 12.0. The Morgan fingerprint density at radius 2 is 2.25 bits per heavy atom. The first kappa shape index (κ1) is 23.8. The zero-order valence-corrected chi connectivity index (χ0v) is 19.3. The first-order valence-electron chi connectivity index (χ1n) is 11.3. The number of carboxylic acids is 1. The highest BCUT2D eigenvalue weighted by Gasteiger charge is 2.32. The molecule has 0 aliphatic carbocycles. The first-order chi connectivity index (χ1) is 15.4. The van der Waals surface area contributed by atoms with Crippen LogP contribution in [0, 0.1) is 12.8 Å². The van der Waals surface area contributed by atoms with Gasteiger partial charge in [0.1, 0.15) is 17.6 Å². The third-order valence-electron chi connectivity index (χ3n) is 5.68. The highest BCUT2D eigenvalue weighted by Crippen LogP contribution is 2.33. The summed E-state index contributed by atoms with van der Waals surface area (Å²) in [6.45, 7) is 11.9. The molecule has 0 radical (unpaired) electrons. The third kappa shape index (κ3) is 6.10. The quantitative estimate of drug-likeness (QED) is 0.485. The minimum absolute atomic E-state index is 0.444. The van der Waals surface area contributed by atoms with Crippen molar-refractivity contribution in [1.82, 2.24) is 9.88 Å². The van der Waals surface area contributed by atoms with Gasteiger partial charge in [-0.1, -0.05) is 32.1 Å². The van der Waals surface area contributed by atoms with Crippen molar-refractivity contribution in [3.8, 4) is 5.75 Å². The number of carboxylic acid groups (broad SMARTS) is 1. The Bertz CT molecular complexity index is 961. The molecule has 32 heavy (non-hydrogen) atoms. The van der Waals surface area contributed by atoms with Crippen molar-refractivity contribution in [2.75, 3.05) is 19.7 Å². The van der Waals surface area contributed by atoms with E-state index in [1.54, 1.807) is 0 Å². The fourth-order valence-electron chi connectivity index (χ4n) is 3.98. The van der Waals surface area contributed by atoms with Crippen molar-refractivity contribution in [2.24, 2.45) is 5.92 Å². The van der Waals surface area contributed by atoms with Crippen molar-refractivity contribution in [3.05, 3.63) is 65.4 Å². The minimum atomic E-state index is -0.830. The van der Waals surface area contributed by atoms with Gasteiger partial charge in [-0.3, -0.25) is 9.69 Å². The van der Waals surface area contributed by atoms with Gasteiger partial charge >= 0.3 is 5.97 Å². The van der Waals surface area contributed by atoms with Gasteiger partial charge < -0.3 is 14.3 Å². The predicted octanol–water partition coefficient (Wildman–Crippen LogP) is 5.22. The van der Waals surface area contributed by atoms with Crippen LogP contribution < -0.4 is 4.74 Å². The Hall–Kier alpha value is -2.86. The second-order valence-electron chi connectivity index (χ2n) is 8.65. The van der Waals surface area contributed by atoms with Gasteiger partial charge in [-0.2, -0.15) is 0 Å². The number of allylic oxidation sites excluding steroid dienone is 1. The molecule has 0 bridgehead atoms. The molecule has 2 aromatic rings. The van der Waals surface area contributed by atoms with E-state index in [0.29, 0.717) is 37.1 Å². The van der Waals surface area contributed by atoms with Crippen molar-refractivity contribution in [1.29, 1.82) is 0 Å². The number of carbonyl (C=O) groups is 1. The van der Waals surface area contributed by atoms with Crippen molar-refractivity contribution < 1.29 is 19.1 Å². The molecule has 3 rings (SSSR count). The molecule has 1 aliphatic heterocycles. The summed E-state index contributed by atoms with van der Waals surface area (Å²) in [5.74, 6) is 1.87. The predicted molar refractivity (Wildman–Crippen MR) is 126 cm³/mol. The van der Waals surface area contributed by atoms with Crippen LogP contribution in [-0.2, 0) is 17.6 Å². The number of aromatic nitrogens is 1. The second kappa shape index (κ2) is 11.1. The Kier molecular flexibility index (Phi) is 8.28. The average molecular weight is 439 g/mol. The number of oxazole rings is 1. The zero-order chi connectivity index (χ0) is 23.1. The molecule has 6 heteroatoms. The van der Waals surface area contributed by atoms with Gasteiger partial charge in [-0.05, 0) is 61.4 Å². The number of hydrogen-bond acceptors (Lipinski definition) is 5. The summed E-state index contributed by atoms with van der Waals surface area (Å²) in [6.07, 6.45) is 9.04. The standard InChI is InChI=1S/C26H34N2O4/c1-5-6-14-28-15-12-20-10-11-21(17-22(20)25(28)26(29)30)31-16-13-23-19(4)32-24(27-23)9-7-8-18(2)3/h5,7,9-11,17-18,25H,1,6,8,12-16H2,2-4H3,(H,29,30)/b9-7+. The van der Waals surface area contributed by atoms with Crippen molar-refractivity contribution in [3.63, 3.8) is 0 Å². The molecular weight excluding hydrogens is 404 g/mol. The summed E-state index contributed by atoms with van der Waals surface area (Å²) in [5.41, 5.74) is 2.77. The van der Waals surface area contributed by atoms with Crippen LogP contribution in [0.5, 0.6) is 5.75 Å². The SMILES string of the molecule is C=CCCN1CCc2ccc(OCCc3nc(/C=C/CC(C)C)oc3C)cc2C1C(=O)O. The maximum Gasteiger partial charge on any atom is 0.325 e. The van der Waals surface area contributed by atoms with Gasteiger partial charge in [0, 0.05) is 19.5 Å². The maximum absolute atomic E-state index is 12.0. The normalized spacial score (nSPS) is 16.4. The van der Waals surface area contributed by atoms with Gasteiger partial charge in [0.25, 0.3) is 0 Å². The molecule has 1 N–H and O–H groups in total. The molecule has 1 atom stereocenters. The Morgan fingerprint density at radius 3 is 2.97 bits per heavy atom. The summed E-state index contributed by atoms with van der Waals surface area (Å²) in [6, 6.07) is 5.14. The lowest BCUT2D eigenvalue weighted by molar-refractivity contribution is -0.144. The Labute approximate surface area is 190 Å². The van der Waals surface area contributed by atoms with Crippen LogP contribution in [0.4, 0.5) is 0 Å². The molecule has 0 saturated heterocycles. The van der Waals surface area contributed by atoms with Crippen LogP contribution in [0.2, 0.25) is 0 Å². The zero-order valence-electron chi connectivity index (χ0n) is 19.3. The lowest BCUT2D eigenvalue weighted by Gasteiger charge is -2.34. The van der Waals surface area contributed by atoms with E-state index in [2.05, 4.69) is 31.5 Å². The minimum Gasteiger partial charge on any atom is -0.493 e. The lowest BCUT2D eigenvalue weighted by atomic mass is 9.92. The molecule has 1 unspecified atom stereocenters. The summed E-state index contributed by atoms with van der Waals surface area (Å²) in [5, 5.41) is 9.86. The number of rotatable bonds is 11. The third-order valence-corrected chi connectivity index (χ3v) is 5.68. The van der Waals surface area contributed by atoms with Crippen LogP contribution in [-0.4, -0.2) is 40.7 Å².